The van der Waals surface area contributed by atoms with Crippen LogP contribution in [0.1, 0.15) is 34.6 Å². The number of amides is 4. The van der Waals surface area contributed by atoms with Gasteiger partial charge in [-0.25, -0.2) is 0 Å². The highest BCUT2D eigenvalue weighted by Gasteiger charge is 2.13. The molecule has 0 radical (unpaired) electrons. The summed E-state index contributed by atoms with van der Waals surface area (Å²) in [5, 5.41) is 5.59. The SMILES string of the molecule is CC(=O)N(C)c1cccc(NC(=O)c2cccc(C(=O)Nc3cccc(N(C)C(C)=O)c3)c2)c1. The quantitative estimate of drug-likeness (QED) is 0.580. The molecule has 0 atom stereocenters. The minimum Gasteiger partial charge on any atom is -0.322 e. The van der Waals surface area contributed by atoms with Crippen LogP contribution in [-0.2, 0) is 9.59 Å². The van der Waals surface area contributed by atoms with Crippen molar-refractivity contribution in [2.45, 2.75) is 13.8 Å². The average Bonchev–Trinajstić information content (AvgIpc) is 2.83. The van der Waals surface area contributed by atoms with E-state index in [0.717, 1.165) is 0 Å². The zero-order valence-corrected chi connectivity index (χ0v) is 19.5. The first-order chi connectivity index (χ1) is 16.2. The number of carbonyl (C=O) groups is 4. The molecule has 3 rings (SSSR count). The summed E-state index contributed by atoms with van der Waals surface area (Å²) in [5.74, 6) is -1.02. The Morgan fingerprint density at radius 2 is 0.971 bits per heavy atom. The van der Waals surface area contributed by atoms with Crippen LogP contribution in [0.2, 0.25) is 0 Å². The van der Waals surface area contributed by atoms with Gasteiger partial charge < -0.3 is 20.4 Å². The molecule has 3 aromatic rings. The van der Waals surface area contributed by atoms with Gasteiger partial charge in [0.1, 0.15) is 0 Å². The summed E-state index contributed by atoms with van der Waals surface area (Å²) in [7, 11) is 3.30. The van der Waals surface area contributed by atoms with Crippen molar-refractivity contribution in [3.05, 3.63) is 83.9 Å². The molecule has 0 aromatic heterocycles. The molecule has 0 heterocycles. The topological polar surface area (TPSA) is 98.8 Å². The predicted octanol–water partition coefficient (Wildman–Crippen LogP) is 4.16. The first-order valence-electron chi connectivity index (χ1n) is 10.6. The number of carbonyl (C=O) groups excluding carboxylic acids is 4. The lowest BCUT2D eigenvalue weighted by Gasteiger charge is -2.16. The molecule has 2 N–H and O–H groups in total. The highest BCUT2D eigenvalue weighted by molar-refractivity contribution is 6.09. The Kier molecular flexibility index (Phi) is 7.43. The molecule has 0 saturated carbocycles. The van der Waals surface area contributed by atoms with Crippen LogP contribution < -0.4 is 20.4 Å². The fourth-order valence-electron chi connectivity index (χ4n) is 3.16. The maximum atomic E-state index is 12.8. The first-order valence-corrected chi connectivity index (χ1v) is 10.6. The summed E-state index contributed by atoms with van der Waals surface area (Å²) in [6.45, 7) is 2.92. The molecule has 8 heteroatoms. The minimum atomic E-state index is -0.387. The lowest BCUT2D eigenvalue weighted by atomic mass is 10.1. The summed E-state index contributed by atoms with van der Waals surface area (Å²) < 4.78 is 0. The van der Waals surface area contributed by atoms with E-state index in [4.69, 9.17) is 0 Å². The zero-order valence-electron chi connectivity index (χ0n) is 19.5. The van der Waals surface area contributed by atoms with Gasteiger partial charge in [-0.05, 0) is 54.6 Å². The fraction of sp³-hybridized carbons (Fsp3) is 0.154. The van der Waals surface area contributed by atoms with Crippen molar-refractivity contribution in [2.24, 2.45) is 0 Å². The van der Waals surface area contributed by atoms with Crippen molar-refractivity contribution in [2.75, 3.05) is 34.5 Å². The van der Waals surface area contributed by atoms with Gasteiger partial charge in [-0.15, -0.1) is 0 Å². The second-order valence-electron chi connectivity index (χ2n) is 7.75. The van der Waals surface area contributed by atoms with Crippen molar-refractivity contribution < 1.29 is 19.2 Å². The number of hydrogen-bond acceptors (Lipinski definition) is 4. The summed E-state index contributed by atoms with van der Waals surface area (Å²) in [6.07, 6.45) is 0. The molecule has 0 fully saturated rings. The number of benzene rings is 3. The molecule has 8 nitrogen and oxygen atoms in total. The highest BCUT2D eigenvalue weighted by atomic mass is 16.2. The highest BCUT2D eigenvalue weighted by Crippen LogP contribution is 2.21. The van der Waals surface area contributed by atoms with E-state index in [2.05, 4.69) is 10.6 Å². The second kappa shape index (κ2) is 10.4. The molecule has 34 heavy (non-hydrogen) atoms. The van der Waals surface area contributed by atoms with Crippen LogP contribution >= 0.6 is 0 Å². The van der Waals surface area contributed by atoms with Gasteiger partial charge in [0.25, 0.3) is 11.8 Å². The van der Waals surface area contributed by atoms with Crippen LogP contribution in [0.4, 0.5) is 22.7 Å². The van der Waals surface area contributed by atoms with Gasteiger partial charge in [0.15, 0.2) is 0 Å². The molecule has 0 unspecified atom stereocenters. The largest absolute Gasteiger partial charge is 0.322 e. The van der Waals surface area contributed by atoms with Crippen molar-refractivity contribution in [1.82, 2.24) is 0 Å². The minimum absolute atomic E-state index is 0.124. The van der Waals surface area contributed by atoms with Gasteiger partial charge >= 0.3 is 0 Å². The molecule has 0 aliphatic heterocycles. The van der Waals surface area contributed by atoms with E-state index < -0.39 is 0 Å². The third-order valence-electron chi connectivity index (χ3n) is 5.31. The van der Waals surface area contributed by atoms with E-state index in [9.17, 15) is 19.2 Å². The van der Waals surface area contributed by atoms with Crippen LogP contribution in [0.15, 0.2) is 72.8 Å². The number of anilines is 4. The number of hydrogen-bond donors (Lipinski definition) is 2. The van der Waals surface area contributed by atoms with E-state index in [0.29, 0.717) is 33.9 Å². The molecule has 3 aromatic carbocycles. The van der Waals surface area contributed by atoms with Crippen molar-refractivity contribution >= 4 is 46.4 Å². The molecule has 0 aliphatic carbocycles. The standard InChI is InChI=1S/C26H26N4O4/c1-17(31)29(3)23-12-6-10-21(15-23)27-25(33)19-8-5-9-20(14-19)26(34)28-22-11-7-13-24(16-22)30(4)18(2)32/h5-16H,1-4H3,(H,27,33)(H,28,34). The second-order valence-corrected chi connectivity index (χ2v) is 7.75. The van der Waals surface area contributed by atoms with E-state index in [-0.39, 0.29) is 23.6 Å². The van der Waals surface area contributed by atoms with E-state index in [1.54, 1.807) is 80.8 Å². The van der Waals surface area contributed by atoms with E-state index >= 15 is 0 Å². The Bertz CT molecular complexity index is 1160. The Balaban J connectivity index is 1.73. The van der Waals surface area contributed by atoms with Crippen LogP contribution in [0.5, 0.6) is 0 Å². The number of rotatable bonds is 6. The molecule has 0 bridgehead atoms. The lowest BCUT2D eigenvalue weighted by molar-refractivity contribution is -0.117. The Labute approximate surface area is 198 Å². The Hall–Kier alpha value is -4.46. The molecular formula is C26H26N4O4. The van der Waals surface area contributed by atoms with Crippen LogP contribution in [0.25, 0.3) is 0 Å². The van der Waals surface area contributed by atoms with Gasteiger partial charge in [0, 0.05) is 61.8 Å². The Morgan fingerprint density at radius 1 is 0.588 bits per heavy atom. The van der Waals surface area contributed by atoms with Gasteiger partial charge in [-0.1, -0.05) is 18.2 Å². The maximum Gasteiger partial charge on any atom is 0.255 e. The van der Waals surface area contributed by atoms with Crippen molar-refractivity contribution in [1.29, 1.82) is 0 Å². The number of nitrogens with one attached hydrogen (secondary N) is 2. The molecule has 0 spiro atoms. The molecule has 0 aliphatic rings. The smallest absolute Gasteiger partial charge is 0.255 e. The first kappa shape index (κ1) is 24.2. The molecule has 174 valence electrons. The van der Waals surface area contributed by atoms with Gasteiger partial charge in [0.05, 0.1) is 0 Å². The van der Waals surface area contributed by atoms with E-state index in [1.165, 1.54) is 29.7 Å². The molecule has 0 saturated heterocycles. The molecule has 4 amide bonds. The van der Waals surface area contributed by atoms with Crippen LogP contribution in [-0.4, -0.2) is 37.7 Å². The lowest BCUT2D eigenvalue weighted by Crippen LogP contribution is -2.23. The third kappa shape index (κ3) is 5.86. The van der Waals surface area contributed by atoms with Crippen LogP contribution in [0, 0.1) is 0 Å². The fourth-order valence-corrected chi connectivity index (χ4v) is 3.16. The summed E-state index contributed by atoms with van der Waals surface area (Å²) in [6, 6.07) is 20.2. The van der Waals surface area contributed by atoms with Gasteiger partial charge in [-0.2, -0.15) is 0 Å². The summed E-state index contributed by atoms with van der Waals surface area (Å²) >= 11 is 0. The van der Waals surface area contributed by atoms with Gasteiger partial charge in [0.2, 0.25) is 11.8 Å². The monoisotopic (exact) mass is 458 g/mol. The summed E-state index contributed by atoms with van der Waals surface area (Å²) in [5.41, 5.74) is 2.96. The predicted molar refractivity (Wildman–Crippen MR) is 133 cm³/mol. The van der Waals surface area contributed by atoms with E-state index in [1.807, 2.05) is 0 Å². The normalized spacial score (nSPS) is 10.2. The van der Waals surface area contributed by atoms with Crippen LogP contribution in [0.3, 0.4) is 0 Å². The number of nitrogens with zero attached hydrogens (tertiary/aromatic N) is 2. The van der Waals surface area contributed by atoms with Gasteiger partial charge in [-0.3, -0.25) is 19.2 Å². The summed E-state index contributed by atoms with van der Waals surface area (Å²) in [4.78, 5) is 51.7. The maximum absolute atomic E-state index is 12.8. The average molecular weight is 459 g/mol. The van der Waals surface area contributed by atoms with Crippen molar-refractivity contribution in [3.8, 4) is 0 Å². The zero-order chi connectivity index (χ0) is 24.8. The van der Waals surface area contributed by atoms with Crippen molar-refractivity contribution in [3.63, 3.8) is 0 Å². The third-order valence-corrected chi connectivity index (χ3v) is 5.31. The molecular weight excluding hydrogens is 432 g/mol. The Morgan fingerprint density at radius 3 is 1.35 bits per heavy atom.